The molecule has 1 unspecified atom stereocenters. The summed E-state index contributed by atoms with van der Waals surface area (Å²) in [5.74, 6) is -0.430. The highest BCUT2D eigenvalue weighted by molar-refractivity contribution is 4.76. The van der Waals surface area contributed by atoms with E-state index in [4.69, 9.17) is 14.2 Å². The molecule has 0 saturated carbocycles. The standard InChI is InChI=1S/C12H25NO3/c1-4-6-12(14-3,16-5-2)11-13-7-9-15-10-8-13/h4-11H2,1-3H3. The summed E-state index contributed by atoms with van der Waals surface area (Å²) in [4.78, 5) is 2.36. The van der Waals surface area contributed by atoms with Crippen molar-refractivity contribution in [1.29, 1.82) is 0 Å². The van der Waals surface area contributed by atoms with Crippen LogP contribution in [0.3, 0.4) is 0 Å². The zero-order chi connectivity index (χ0) is 11.9. The van der Waals surface area contributed by atoms with Crippen molar-refractivity contribution in [2.24, 2.45) is 0 Å². The zero-order valence-corrected chi connectivity index (χ0v) is 10.8. The highest BCUT2D eigenvalue weighted by Gasteiger charge is 2.32. The van der Waals surface area contributed by atoms with Crippen molar-refractivity contribution < 1.29 is 14.2 Å². The molecular weight excluding hydrogens is 206 g/mol. The molecule has 0 aliphatic carbocycles. The van der Waals surface area contributed by atoms with E-state index in [1.54, 1.807) is 7.11 Å². The first-order valence-corrected chi connectivity index (χ1v) is 6.25. The molecule has 4 nitrogen and oxygen atoms in total. The summed E-state index contributed by atoms with van der Waals surface area (Å²) in [5, 5.41) is 0. The molecule has 0 aromatic rings. The van der Waals surface area contributed by atoms with Crippen molar-refractivity contribution in [2.45, 2.75) is 32.5 Å². The molecule has 0 aromatic heterocycles. The zero-order valence-electron chi connectivity index (χ0n) is 10.8. The highest BCUT2D eigenvalue weighted by atomic mass is 16.7. The van der Waals surface area contributed by atoms with Crippen molar-refractivity contribution in [3.8, 4) is 0 Å². The summed E-state index contributed by atoms with van der Waals surface area (Å²) >= 11 is 0. The molecule has 0 aromatic carbocycles. The average Bonchev–Trinajstić information content (AvgIpc) is 2.31. The van der Waals surface area contributed by atoms with Gasteiger partial charge >= 0.3 is 0 Å². The fourth-order valence-corrected chi connectivity index (χ4v) is 2.17. The lowest BCUT2D eigenvalue weighted by Crippen LogP contribution is -2.50. The van der Waals surface area contributed by atoms with Crippen LogP contribution in [0.1, 0.15) is 26.7 Å². The Morgan fingerprint density at radius 1 is 1.25 bits per heavy atom. The van der Waals surface area contributed by atoms with E-state index in [1.807, 2.05) is 6.92 Å². The van der Waals surface area contributed by atoms with E-state index in [0.29, 0.717) is 6.61 Å². The van der Waals surface area contributed by atoms with Crippen LogP contribution in [-0.4, -0.2) is 57.3 Å². The molecule has 0 spiro atoms. The van der Waals surface area contributed by atoms with Crippen molar-refractivity contribution in [3.63, 3.8) is 0 Å². The molecule has 4 heteroatoms. The van der Waals surface area contributed by atoms with Crippen molar-refractivity contribution in [3.05, 3.63) is 0 Å². The van der Waals surface area contributed by atoms with E-state index in [1.165, 1.54) is 0 Å². The molecule has 1 heterocycles. The number of hydrogen-bond donors (Lipinski definition) is 0. The molecule has 1 aliphatic heterocycles. The molecule has 1 saturated heterocycles. The molecule has 0 amide bonds. The summed E-state index contributed by atoms with van der Waals surface area (Å²) in [6.07, 6.45) is 2.01. The number of ether oxygens (including phenoxy) is 3. The summed E-state index contributed by atoms with van der Waals surface area (Å²) in [6, 6.07) is 0. The predicted molar refractivity (Wildman–Crippen MR) is 63.5 cm³/mol. The van der Waals surface area contributed by atoms with E-state index in [2.05, 4.69) is 11.8 Å². The first kappa shape index (κ1) is 13.9. The Hall–Kier alpha value is -0.160. The van der Waals surface area contributed by atoms with Gasteiger partial charge in [-0.05, 0) is 6.92 Å². The van der Waals surface area contributed by atoms with Gasteiger partial charge in [0.1, 0.15) is 0 Å². The molecule has 16 heavy (non-hydrogen) atoms. The third-order valence-corrected chi connectivity index (χ3v) is 2.98. The van der Waals surface area contributed by atoms with Gasteiger partial charge in [-0.2, -0.15) is 0 Å². The van der Waals surface area contributed by atoms with Gasteiger partial charge in [0.15, 0.2) is 5.79 Å². The topological polar surface area (TPSA) is 30.9 Å². The van der Waals surface area contributed by atoms with E-state index in [-0.39, 0.29) is 0 Å². The Labute approximate surface area is 98.8 Å². The number of rotatable bonds is 7. The van der Waals surface area contributed by atoms with E-state index < -0.39 is 5.79 Å². The number of morpholine rings is 1. The van der Waals surface area contributed by atoms with Crippen LogP contribution in [-0.2, 0) is 14.2 Å². The first-order chi connectivity index (χ1) is 7.76. The highest BCUT2D eigenvalue weighted by Crippen LogP contribution is 2.21. The summed E-state index contributed by atoms with van der Waals surface area (Å²) in [5.41, 5.74) is 0. The molecule has 1 fully saturated rings. The van der Waals surface area contributed by atoms with Gasteiger partial charge in [-0.3, -0.25) is 4.90 Å². The van der Waals surface area contributed by atoms with Crippen LogP contribution in [0.5, 0.6) is 0 Å². The number of methoxy groups -OCH3 is 1. The lowest BCUT2D eigenvalue weighted by Gasteiger charge is -2.38. The van der Waals surface area contributed by atoms with Gasteiger partial charge in [-0.15, -0.1) is 0 Å². The van der Waals surface area contributed by atoms with Gasteiger partial charge in [0.2, 0.25) is 0 Å². The second-order valence-electron chi connectivity index (χ2n) is 4.19. The maximum absolute atomic E-state index is 5.82. The molecule has 0 radical (unpaired) electrons. The second kappa shape index (κ2) is 7.22. The lowest BCUT2D eigenvalue weighted by atomic mass is 10.1. The number of nitrogens with zero attached hydrogens (tertiary/aromatic N) is 1. The molecular formula is C12H25NO3. The minimum absolute atomic E-state index is 0.430. The van der Waals surface area contributed by atoms with Gasteiger partial charge in [0, 0.05) is 33.2 Å². The predicted octanol–water partition coefficient (Wildman–Crippen LogP) is 1.50. The van der Waals surface area contributed by atoms with Gasteiger partial charge in [0.05, 0.1) is 19.8 Å². The van der Waals surface area contributed by atoms with Gasteiger partial charge in [0.25, 0.3) is 0 Å². The Bertz CT molecular complexity index is 175. The van der Waals surface area contributed by atoms with Crippen LogP contribution >= 0.6 is 0 Å². The first-order valence-electron chi connectivity index (χ1n) is 6.25. The van der Waals surface area contributed by atoms with Crippen LogP contribution < -0.4 is 0 Å². The quantitative estimate of drug-likeness (QED) is 0.621. The van der Waals surface area contributed by atoms with Gasteiger partial charge in [-0.1, -0.05) is 13.3 Å². The minimum atomic E-state index is -0.430. The fraction of sp³-hybridized carbons (Fsp3) is 1.00. The average molecular weight is 231 g/mol. The van der Waals surface area contributed by atoms with Crippen molar-refractivity contribution in [2.75, 3.05) is 46.6 Å². The maximum atomic E-state index is 5.82. The Kier molecular flexibility index (Phi) is 6.28. The van der Waals surface area contributed by atoms with E-state index in [0.717, 1.165) is 45.7 Å². The lowest BCUT2D eigenvalue weighted by molar-refractivity contribution is -0.236. The van der Waals surface area contributed by atoms with Gasteiger partial charge < -0.3 is 14.2 Å². The second-order valence-corrected chi connectivity index (χ2v) is 4.19. The molecule has 1 atom stereocenters. The van der Waals surface area contributed by atoms with Crippen molar-refractivity contribution >= 4 is 0 Å². The van der Waals surface area contributed by atoms with Gasteiger partial charge in [-0.25, -0.2) is 0 Å². The molecule has 96 valence electrons. The van der Waals surface area contributed by atoms with Crippen LogP contribution in [0.15, 0.2) is 0 Å². The fourth-order valence-electron chi connectivity index (χ4n) is 2.17. The molecule has 1 aliphatic rings. The number of hydrogen-bond acceptors (Lipinski definition) is 4. The van der Waals surface area contributed by atoms with Crippen LogP contribution in [0.2, 0.25) is 0 Å². The Morgan fingerprint density at radius 2 is 1.94 bits per heavy atom. The largest absolute Gasteiger partial charge is 0.379 e. The van der Waals surface area contributed by atoms with Crippen LogP contribution in [0.4, 0.5) is 0 Å². The van der Waals surface area contributed by atoms with E-state index in [9.17, 15) is 0 Å². The summed E-state index contributed by atoms with van der Waals surface area (Å²) in [7, 11) is 1.74. The van der Waals surface area contributed by atoms with E-state index >= 15 is 0 Å². The Morgan fingerprint density at radius 3 is 2.44 bits per heavy atom. The Balaban J connectivity index is 2.52. The molecule has 1 rings (SSSR count). The normalized spacial score (nSPS) is 21.9. The monoisotopic (exact) mass is 231 g/mol. The maximum Gasteiger partial charge on any atom is 0.180 e. The third kappa shape index (κ3) is 4.01. The van der Waals surface area contributed by atoms with Crippen molar-refractivity contribution in [1.82, 2.24) is 4.90 Å². The molecule has 0 N–H and O–H groups in total. The minimum Gasteiger partial charge on any atom is -0.379 e. The molecule has 0 bridgehead atoms. The van der Waals surface area contributed by atoms with Crippen LogP contribution in [0.25, 0.3) is 0 Å². The van der Waals surface area contributed by atoms with Crippen LogP contribution in [0, 0.1) is 0 Å². The smallest absolute Gasteiger partial charge is 0.180 e. The summed E-state index contributed by atoms with van der Waals surface area (Å²) in [6.45, 7) is 9.29. The summed E-state index contributed by atoms with van der Waals surface area (Å²) < 4.78 is 16.8. The SMILES string of the molecule is CCCC(CN1CCOCC1)(OC)OCC. The third-order valence-electron chi connectivity index (χ3n) is 2.98.